The number of aromatic nitrogens is 1. The molecule has 0 aliphatic heterocycles. The summed E-state index contributed by atoms with van der Waals surface area (Å²) < 4.78 is 0. The van der Waals surface area contributed by atoms with E-state index in [2.05, 4.69) is 22.8 Å². The lowest BCUT2D eigenvalue weighted by Crippen LogP contribution is -2.41. The zero-order valence-electron chi connectivity index (χ0n) is 12.2. The van der Waals surface area contributed by atoms with Crippen molar-refractivity contribution in [2.45, 2.75) is 26.2 Å². The van der Waals surface area contributed by atoms with Crippen LogP contribution in [0.1, 0.15) is 46.2 Å². The summed E-state index contributed by atoms with van der Waals surface area (Å²) in [5, 5.41) is 3.51. The van der Waals surface area contributed by atoms with Crippen LogP contribution in [0.4, 0.5) is 0 Å². The summed E-state index contributed by atoms with van der Waals surface area (Å²) in [5.74, 6) is -0.773. The van der Waals surface area contributed by atoms with Gasteiger partial charge in [-0.25, -0.2) is 0 Å². The molecule has 5 nitrogen and oxygen atoms in total. The van der Waals surface area contributed by atoms with Gasteiger partial charge in [0.15, 0.2) is 0 Å². The van der Waals surface area contributed by atoms with E-state index < -0.39 is 5.91 Å². The average molecular weight is 340 g/mol. The molecule has 0 aromatic carbocycles. The minimum absolute atomic E-state index is 0. The van der Waals surface area contributed by atoms with Gasteiger partial charge in [-0.05, 0) is 35.9 Å². The summed E-state index contributed by atoms with van der Waals surface area (Å²) in [5.41, 5.74) is 6.62. The first kappa shape index (κ1) is 18.1. The molecule has 0 aliphatic rings. The summed E-state index contributed by atoms with van der Waals surface area (Å²) in [6.45, 7) is 2.13. The minimum atomic E-state index is -0.430. The molecule has 2 amide bonds. The maximum absolute atomic E-state index is 11.9. The molecule has 0 saturated heterocycles. The molecule has 0 radical (unpaired) electrons. The van der Waals surface area contributed by atoms with Crippen LogP contribution in [-0.2, 0) is 6.42 Å². The van der Waals surface area contributed by atoms with Crippen LogP contribution in [0.25, 0.3) is 0 Å². The molecular weight excluding hydrogens is 322 g/mol. The third kappa shape index (κ3) is 5.13. The van der Waals surface area contributed by atoms with Crippen LogP contribution < -0.4 is 10.9 Å². The highest BCUT2D eigenvalue weighted by Crippen LogP contribution is 2.06. The quantitative estimate of drug-likeness (QED) is 0.823. The summed E-state index contributed by atoms with van der Waals surface area (Å²) in [7, 11) is 0. The lowest BCUT2D eigenvalue weighted by molar-refractivity contribution is 0.0844. The Morgan fingerprint density at radius 2 is 1.95 bits per heavy atom. The number of nitrogens with one attached hydrogen (secondary N) is 2. The van der Waals surface area contributed by atoms with Crippen LogP contribution in [0.2, 0.25) is 0 Å². The zero-order chi connectivity index (χ0) is 15.1. The molecule has 22 heavy (non-hydrogen) atoms. The molecule has 2 aromatic rings. The number of aryl methyl sites for hydroxylation is 1. The molecule has 0 saturated carbocycles. The van der Waals surface area contributed by atoms with Gasteiger partial charge in [-0.2, -0.15) is 11.3 Å². The predicted octanol–water partition coefficient (Wildman–Crippen LogP) is 2.98. The minimum Gasteiger partial charge on any atom is -0.267 e. The van der Waals surface area contributed by atoms with Gasteiger partial charge in [0.1, 0.15) is 5.69 Å². The molecule has 2 heterocycles. The topological polar surface area (TPSA) is 71.1 Å². The van der Waals surface area contributed by atoms with Crippen LogP contribution in [0.5, 0.6) is 0 Å². The maximum Gasteiger partial charge on any atom is 0.288 e. The number of hydrogen-bond acceptors (Lipinski definition) is 4. The monoisotopic (exact) mass is 339 g/mol. The van der Waals surface area contributed by atoms with Gasteiger partial charge in [-0.15, -0.1) is 12.4 Å². The van der Waals surface area contributed by atoms with Crippen molar-refractivity contribution in [2.24, 2.45) is 0 Å². The van der Waals surface area contributed by atoms with E-state index >= 15 is 0 Å². The van der Waals surface area contributed by atoms with Gasteiger partial charge in [0.05, 0.1) is 5.56 Å². The number of amides is 2. The highest BCUT2D eigenvalue weighted by Gasteiger charge is 2.10. The van der Waals surface area contributed by atoms with Crippen molar-refractivity contribution in [2.75, 3.05) is 0 Å². The number of halogens is 1. The first-order valence-corrected chi connectivity index (χ1v) is 7.72. The molecule has 0 aliphatic carbocycles. The van der Waals surface area contributed by atoms with Crippen molar-refractivity contribution in [3.8, 4) is 0 Å². The zero-order valence-corrected chi connectivity index (χ0v) is 13.8. The van der Waals surface area contributed by atoms with Crippen LogP contribution in [0.15, 0.2) is 35.2 Å². The van der Waals surface area contributed by atoms with E-state index in [1.165, 1.54) is 11.3 Å². The van der Waals surface area contributed by atoms with Crippen molar-refractivity contribution >= 4 is 35.6 Å². The van der Waals surface area contributed by atoms with E-state index in [9.17, 15) is 9.59 Å². The van der Waals surface area contributed by atoms with Gasteiger partial charge in [0.2, 0.25) is 0 Å². The van der Waals surface area contributed by atoms with Crippen molar-refractivity contribution in [1.29, 1.82) is 0 Å². The van der Waals surface area contributed by atoms with Crippen LogP contribution in [-0.4, -0.2) is 16.8 Å². The molecule has 7 heteroatoms. The molecule has 0 spiro atoms. The Hall–Kier alpha value is -1.92. The third-order valence-electron chi connectivity index (χ3n) is 2.95. The molecule has 0 bridgehead atoms. The fraction of sp³-hybridized carbons (Fsp3) is 0.267. The predicted molar refractivity (Wildman–Crippen MR) is 89.3 cm³/mol. The summed E-state index contributed by atoms with van der Waals surface area (Å²) in [4.78, 5) is 27.6. The second-order valence-electron chi connectivity index (χ2n) is 4.58. The third-order valence-corrected chi connectivity index (χ3v) is 3.63. The molecule has 2 rings (SSSR count). The van der Waals surface area contributed by atoms with Gasteiger partial charge in [0.25, 0.3) is 11.8 Å². The standard InChI is InChI=1S/C15H17N3O2S.ClH/c1-2-3-4-11-5-6-13(16-9-11)15(20)18-17-14(19)12-7-8-21-10-12;/h5-10H,2-4H2,1H3,(H,17,19)(H,18,20);1H. The summed E-state index contributed by atoms with van der Waals surface area (Å²) in [6, 6.07) is 5.24. The van der Waals surface area contributed by atoms with E-state index in [0.717, 1.165) is 24.8 Å². The molecule has 0 fully saturated rings. The Balaban J connectivity index is 0.00000242. The molecule has 0 unspecified atom stereocenters. The fourth-order valence-corrected chi connectivity index (χ4v) is 2.37. The smallest absolute Gasteiger partial charge is 0.267 e. The normalized spacial score (nSPS) is 9.68. The number of nitrogens with zero attached hydrogens (tertiary/aromatic N) is 1. The number of hydrogen-bond donors (Lipinski definition) is 2. The Morgan fingerprint density at radius 1 is 1.18 bits per heavy atom. The Bertz CT molecular complexity index is 600. The Morgan fingerprint density at radius 3 is 2.55 bits per heavy atom. The molecule has 118 valence electrons. The van der Waals surface area contributed by atoms with Gasteiger partial charge < -0.3 is 0 Å². The van der Waals surface area contributed by atoms with Gasteiger partial charge in [-0.3, -0.25) is 25.4 Å². The Labute approximate surface area is 139 Å². The number of carbonyl (C=O) groups is 2. The second-order valence-corrected chi connectivity index (χ2v) is 5.36. The van der Waals surface area contributed by atoms with Crippen LogP contribution in [0.3, 0.4) is 0 Å². The van der Waals surface area contributed by atoms with Crippen molar-refractivity contribution in [3.63, 3.8) is 0 Å². The SMILES string of the molecule is CCCCc1ccc(C(=O)NNC(=O)c2ccsc2)nc1.Cl. The van der Waals surface area contributed by atoms with E-state index in [1.807, 2.05) is 6.07 Å². The largest absolute Gasteiger partial charge is 0.288 e. The lowest BCUT2D eigenvalue weighted by Gasteiger charge is -2.06. The van der Waals surface area contributed by atoms with Crippen molar-refractivity contribution < 1.29 is 9.59 Å². The van der Waals surface area contributed by atoms with E-state index in [-0.39, 0.29) is 24.0 Å². The lowest BCUT2D eigenvalue weighted by atomic mass is 10.1. The molecular formula is C15H18ClN3O2S. The van der Waals surface area contributed by atoms with Gasteiger partial charge >= 0.3 is 0 Å². The maximum atomic E-state index is 11.9. The van der Waals surface area contributed by atoms with Crippen molar-refractivity contribution in [1.82, 2.24) is 15.8 Å². The van der Waals surface area contributed by atoms with E-state index in [4.69, 9.17) is 0 Å². The van der Waals surface area contributed by atoms with E-state index in [1.54, 1.807) is 29.1 Å². The number of pyridine rings is 1. The number of rotatable bonds is 5. The molecule has 2 aromatic heterocycles. The highest BCUT2D eigenvalue weighted by atomic mass is 35.5. The average Bonchev–Trinajstić information content (AvgIpc) is 3.05. The van der Waals surface area contributed by atoms with Crippen LogP contribution >= 0.6 is 23.7 Å². The van der Waals surface area contributed by atoms with Gasteiger partial charge in [0, 0.05) is 11.6 Å². The van der Waals surface area contributed by atoms with Crippen LogP contribution in [0, 0.1) is 0 Å². The fourth-order valence-electron chi connectivity index (χ4n) is 1.73. The second kappa shape index (κ2) is 9.17. The van der Waals surface area contributed by atoms with Gasteiger partial charge in [-0.1, -0.05) is 19.4 Å². The Kier molecular flexibility index (Phi) is 7.56. The summed E-state index contributed by atoms with van der Waals surface area (Å²) in [6.07, 6.45) is 4.88. The number of carbonyl (C=O) groups excluding carboxylic acids is 2. The van der Waals surface area contributed by atoms with E-state index in [0.29, 0.717) is 5.56 Å². The molecule has 0 atom stereocenters. The first-order valence-electron chi connectivity index (χ1n) is 6.78. The first-order chi connectivity index (χ1) is 10.2. The number of thiophene rings is 1. The number of hydrazine groups is 1. The summed E-state index contributed by atoms with van der Waals surface area (Å²) >= 11 is 1.42. The molecule has 2 N–H and O–H groups in total. The highest BCUT2D eigenvalue weighted by molar-refractivity contribution is 7.08. The number of unbranched alkanes of at least 4 members (excludes halogenated alkanes) is 1. The van der Waals surface area contributed by atoms with Crippen molar-refractivity contribution in [3.05, 3.63) is 52.0 Å².